The van der Waals surface area contributed by atoms with Crippen LogP contribution in [0.4, 0.5) is 0 Å². The van der Waals surface area contributed by atoms with Crippen LogP contribution in [0.15, 0.2) is 30.3 Å². The van der Waals surface area contributed by atoms with E-state index in [-0.39, 0.29) is 6.42 Å². The molecule has 0 bridgehead atoms. The Bertz CT molecular complexity index is 396. The quantitative estimate of drug-likeness (QED) is 0.885. The van der Waals surface area contributed by atoms with Crippen molar-refractivity contribution in [3.63, 3.8) is 0 Å². The maximum atomic E-state index is 10.6. The molecule has 0 saturated heterocycles. The van der Waals surface area contributed by atoms with Crippen molar-refractivity contribution in [2.45, 2.75) is 44.1 Å². The van der Waals surface area contributed by atoms with Gasteiger partial charge in [0.05, 0.1) is 6.42 Å². The number of hydrogen-bond donors (Lipinski definition) is 1. The van der Waals surface area contributed by atoms with Gasteiger partial charge in [0.25, 0.3) is 0 Å². The Morgan fingerprint density at radius 1 is 1.21 bits per heavy atom. The van der Waals surface area contributed by atoms with Gasteiger partial charge in [-0.1, -0.05) is 30.3 Å². The Hall–Kier alpha value is -1.35. The Kier molecular flexibility index (Phi) is 4.97. The summed E-state index contributed by atoms with van der Waals surface area (Å²) in [6.45, 7) is 0.663. The predicted octanol–water partition coefficient (Wildman–Crippen LogP) is 3.12. The van der Waals surface area contributed by atoms with Crippen molar-refractivity contribution >= 4 is 5.97 Å². The van der Waals surface area contributed by atoms with Gasteiger partial charge in [0.1, 0.15) is 0 Å². The van der Waals surface area contributed by atoms with Crippen molar-refractivity contribution in [1.82, 2.24) is 4.90 Å². The highest BCUT2D eigenvalue weighted by molar-refractivity contribution is 5.66. The predicted molar refractivity (Wildman–Crippen MR) is 76.3 cm³/mol. The number of aliphatic carboxylic acids is 1. The minimum absolute atomic E-state index is 0.245. The molecule has 0 spiro atoms. The van der Waals surface area contributed by atoms with Gasteiger partial charge in [-0.25, -0.2) is 0 Å². The summed E-state index contributed by atoms with van der Waals surface area (Å²) in [6, 6.07) is 11.3. The lowest BCUT2D eigenvalue weighted by Crippen LogP contribution is -2.36. The Morgan fingerprint density at radius 2 is 1.84 bits per heavy atom. The zero-order chi connectivity index (χ0) is 13.7. The fraction of sp³-hybridized carbons (Fsp3) is 0.562. The Labute approximate surface area is 115 Å². The first-order valence-corrected chi connectivity index (χ1v) is 7.14. The minimum Gasteiger partial charge on any atom is -0.481 e. The van der Waals surface area contributed by atoms with E-state index in [4.69, 9.17) is 5.11 Å². The lowest BCUT2D eigenvalue weighted by Gasteiger charge is -2.34. The molecule has 1 saturated carbocycles. The molecule has 1 fully saturated rings. The number of hydrogen-bond acceptors (Lipinski definition) is 2. The van der Waals surface area contributed by atoms with Gasteiger partial charge in [-0.05, 0) is 44.2 Å². The molecule has 19 heavy (non-hydrogen) atoms. The molecule has 1 aromatic carbocycles. The van der Waals surface area contributed by atoms with Crippen molar-refractivity contribution in [3.05, 3.63) is 35.9 Å². The topological polar surface area (TPSA) is 40.5 Å². The molecule has 0 heterocycles. The smallest absolute Gasteiger partial charge is 0.304 e. The third-order valence-corrected chi connectivity index (χ3v) is 4.27. The van der Waals surface area contributed by atoms with Gasteiger partial charge in [0, 0.05) is 12.6 Å². The second-order valence-corrected chi connectivity index (χ2v) is 5.54. The van der Waals surface area contributed by atoms with E-state index in [0.29, 0.717) is 18.5 Å². The van der Waals surface area contributed by atoms with Crippen LogP contribution in [-0.4, -0.2) is 35.6 Å². The molecule has 1 aromatic rings. The summed E-state index contributed by atoms with van der Waals surface area (Å²) in [5.41, 5.74) is 1.45. The number of rotatable bonds is 5. The van der Waals surface area contributed by atoms with Crippen molar-refractivity contribution < 1.29 is 9.90 Å². The Morgan fingerprint density at radius 3 is 2.42 bits per heavy atom. The van der Waals surface area contributed by atoms with Crippen LogP contribution in [0.1, 0.15) is 43.6 Å². The lowest BCUT2D eigenvalue weighted by molar-refractivity contribution is -0.137. The van der Waals surface area contributed by atoms with E-state index in [9.17, 15) is 4.79 Å². The molecule has 3 nitrogen and oxygen atoms in total. The number of carboxylic acid groups (broad SMARTS) is 1. The molecular weight excluding hydrogens is 238 g/mol. The first-order chi connectivity index (χ1) is 9.16. The van der Waals surface area contributed by atoms with E-state index in [1.54, 1.807) is 0 Å². The summed E-state index contributed by atoms with van der Waals surface area (Å²) in [6.07, 6.45) is 5.03. The van der Waals surface area contributed by atoms with Crippen LogP contribution >= 0.6 is 0 Å². The van der Waals surface area contributed by atoms with E-state index in [1.165, 1.54) is 31.2 Å². The molecule has 1 N–H and O–H groups in total. The lowest BCUT2D eigenvalue weighted by atomic mass is 9.81. The molecule has 0 radical (unpaired) electrons. The van der Waals surface area contributed by atoms with E-state index in [2.05, 4.69) is 42.3 Å². The fourth-order valence-corrected chi connectivity index (χ4v) is 3.03. The molecule has 0 aliphatic heterocycles. The average molecular weight is 261 g/mol. The third-order valence-electron chi connectivity index (χ3n) is 4.27. The molecule has 0 atom stereocenters. The summed E-state index contributed by atoms with van der Waals surface area (Å²) in [7, 11) is 2.05. The van der Waals surface area contributed by atoms with Crippen LogP contribution in [-0.2, 0) is 4.79 Å². The first kappa shape index (κ1) is 14.1. The minimum atomic E-state index is -0.704. The molecular formula is C16H23NO2. The van der Waals surface area contributed by atoms with Gasteiger partial charge in [-0.2, -0.15) is 0 Å². The molecule has 0 amide bonds. The van der Waals surface area contributed by atoms with Gasteiger partial charge in [-0.15, -0.1) is 0 Å². The summed E-state index contributed by atoms with van der Waals surface area (Å²) < 4.78 is 0. The van der Waals surface area contributed by atoms with Crippen LogP contribution in [0, 0.1) is 0 Å². The van der Waals surface area contributed by atoms with E-state index in [1.807, 2.05) is 0 Å². The second kappa shape index (κ2) is 6.71. The van der Waals surface area contributed by atoms with Crippen LogP contribution in [0.3, 0.4) is 0 Å². The molecule has 1 aliphatic carbocycles. The van der Waals surface area contributed by atoms with Gasteiger partial charge < -0.3 is 10.0 Å². The molecule has 1 aliphatic rings. The SMILES string of the molecule is CN(CCC(=O)O)C1CCC(c2ccccc2)CC1. The maximum Gasteiger partial charge on any atom is 0.304 e. The summed E-state index contributed by atoms with van der Waals surface area (Å²) in [4.78, 5) is 12.8. The number of carbonyl (C=O) groups is 1. The Balaban J connectivity index is 1.80. The largest absolute Gasteiger partial charge is 0.481 e. The highest BCUT2D eigenvalue weighted by atomic mass is 16.4. The van der Waals surface area contributed by atoms with E-state index >= 15 is 0 Å². The van der Waals surface area contributed by atoms with Crippen molar-refractivity contribution in [1.29, 1.82) is 0 Å². The second-order valence-electron chi connectivity index (χ2n) is 5.54. The third kappa shape index (κ3) is 4.06. The summed E-state index contributed by atoms with van der Waals surface area (Å²) in [5.74, 6) is -0.0184. The van der Waals surface area contributed by atoms with Crippen molar-refractivity contribution in [3.8, 4) is 0 Å². The molecule has 3 heteroatoms. The number of benzene rings is 1. The number of nitrogens with zero attached hydrogens (tertiary/aromatic N) is 1. The van der Waals surface area contributed by atoms with Crippen LogP contribution in [0.5, 0.6) is 0 Å². The standard InChI is InChI=1S/C16H23NO2/c1-17(12-11-16(18)19)15-9-7-14(8-10-15)13-5-3-2-4-6-13/h2-6,14-15H,7-12H2,1H3,(H,18,19). The van der Waals surface area contributed by atoms with Gasteiger partial charge in [0.2, 0.25) is 0 Å². The fourth-order valence-electron chi connectivity index (χ4n) is 3.03. The van der Waals surface area contributed by atoms with Gasteiger partial charge >= 0.3 is 5.97 Å². The molecule has 2 rings (SSSR count). The van der Waals surface area contributed by atoms with Gasteiger partial charge in [-0.3, -0.25) is 4.79 Å². The highest BCUT2D eigenvalue weighted by Crippen LogP contribution is 2.34. The molecule has 0 aromatic heterocycles. The summed E-state index contributed by atoms with van der Waals surface area (Å²) in [5, 5.41) is 8.72. The normalized spacial score (nSPS) is 23.5. The van der Waals surface area contributed by atoms with Crippen LogP contribution in [0.2, 0.25) is 0 Å². The maximum absolute atomic E-state index is 10.6. The van der Waals surface area contributed by atoms with Crippen LogP contribution in [0.25, 0.3) is 0 Å². The van der Waals surface area contributed by atoms with Gasteiger partial charge in [0.15, 0.2) is 0 Å². The summed E-state index contributed by atoms with van der Waals surface area (Å²) >= 11 is 0. The number of carboxylic acids is 1. The van der Waals surface area contributed by atoms with E-state index < -0.39 is 5.97 Å². The average Bonchev–Trinajstić information content (AvgIpc) is 2.46. The molecule has 104 valence electrons. The van der Waals surface area contributed by atoms with E-state index in [0.717, 1.165) is 0 Å². The van der Waals surface area contributed by atoms with Crippen LogP contribution < -0.4 is 0 Å². The monoisotopic (exact) mass is 261 g/mol. The van der Waals surface area contributed by atoms with Crippen molar-refractivity contribution in [2.24, 2.45) is 0 Å². The molecule has 0 unspecified atom stereocenters. The highest BCUT2D eigenvalue weighted by Gasteiger charge is 2.24. The zero-order valence-corrected chi connectivity index (χ0v) is 11.6. The zero-order valence-electron chi connectivity index (χ0n) is 11.6. The first-order valence-electron chi connectivity index (χ1n) is 7.14. The van der Waals surface area contributed by atoms with Crippen molar-refractivity contribution in [2.75, 3.05) is 13.6 Å².